The number of fused-ring (bicyclic) bond motifs is 4. The number of halogens is 1. The molecule has 2 N–H and O–H groups in total. The van der Waals surface area contributed by atoms with Crippen molar-refractivity contribution in [2.24, 2.45) is 0 Å². The number of aromatic nitrogens is 2. The highest BCUT2D eigenvalue weighted by Gasteiger charge is 2.39. The van der Waals surface area contributed by atoms with Crippen LogP contribution in [0.25, 0.3) is 21.5 Å². The lowest BCUT2D eigenvalue weighted by Crippen LogP contribution is -2.29. The predicted molar refractivity (Wildman–Crippen MR) is 218 cm³/mol. The maximum absolute atomic E-state index is 14.2. The summed E-state index contributed by atoms with van der Waals surface area (Å²) < 4.78 is 17.1. The van der Waals surface area contributed by atoms with E-state index in [-0.39, 0.29) is 16.9 Å². The van der Waals surface area contributed by atoms with E-state index in [2.05, 4.69) is 43.3 Å². The third kappa shape index (κ3) is 6.54. The lowest BCUT2D eigenvalue weighted by molar-refractivity contribution is -0.141. The van der Waals surface area contributed by atoms with Crippen LogP contribution in [-0.2, 0) is 22.4 Å². The third-order valence-corrected chi connectivity index (χ3v) is 13.9. The first kappa shape index (κ1) is 36.5. The number of aryl methyl sites for hydroxylation is 1. The van der Waals surface area contributed by atoms with Gasteiger partial charge in [0.1, 0.15) is 17.9 Å². The van der Waals surface area contributed by atoms with Gasteiger partial charge in [-0.15, -0.1) is 23.5 Å². The highest BCUT2D eigenvalue weighted by molar-refractivity contribution is 7.99. The standard InChI is InChI=1S/C23H21NO3S.C22H18FNO3S/c1-13-6-7-15(18-5-3-2-4-17(13)18)10-16-11-20(25)24-19(23(26)27)12-28-22(24)21(16)14-8-9-14;23-17-8-7-13(15-3-1-2-4-16(15)17)9-14-10-19(25)24-18(22(26)27)11-28-21(24)20(14)12-5-6-12/h2-7,11,14,19H,8-10,12H2,1H3,(H,26,27);1-4,7-8,10,12,18H,5-6,9,11H2,(H,26,27)/t19-;18-/m00/s1. The lowest BCUT2D eigenvalue weighted by Gasteiger charge is -2.17. The molecule has 2 saturated carbocycles. The van der Waals surface area contributed by atoms with E-state index in [1.807, 2.05) is 18.2 Å². The average Bonchev–Trinajstić information content (AvgIpc) is 4.11. The van der Waals surface area contributed by atoms with E-state index in [0.29, 0.717) is 41.6 Å². The summed E-state index contributed by atoms with van der Waals surface area (Å²) in [5.74, 6) is -0.498. The normalized spacial score (nSPS) is 18.4. The Bertz CT molecular complexity index is 2550. The minimum absolute atomic E-state index is 0.191. The Balaban J connectivity index is 0.000000146. The molecule has 2 aliphatic heterocycles. The molecule has 2 aromatic heterocycles. The molecule has 0 bridgehead atoms. The Kier molecular flexibility index (Phi) is 9.40. The van der Waals surface area contributed by atoms with Gasteiger partial charge in [0, 0.05) is 29.0 Å². The molecule has 284 valence electrons. The molecule has 0 radical (unpaired) electrons. The van der Waals surface area contributed by atoms with Crippen molar-refractivity contribution < 1.29 is 24.2 Å². The fraction of sp³-hybridized carbons (Fsp3) is 0.289. The molecule has 0 amide bonds. The van der Waals surface area contributed by atoms with Crippen molar-refractivity contribution in [3.05, 3.63) is 150 Å². The first-order chi connectivity index (χ1) is 27.1. The van der Waals surface area contributed by atoms with Crippen LogP contribution in [-0.4, -0.2) is 42.8 Å². The molecule has 2 aliphatic carbocycles. The minimum Gasteiger partial charge on any atom is -0.480 e. The molecule has 0 saturated heterocycles. The fourth-order valence-electron chi connectivity index (χ4n) is 8.51. The van der Waals surface area contributed by atoms with Gasteiger partial charge in [0.25, 0.3) is 11.1 Å². The average molecular weight is 787 g/mol. The summed E-state index contributed by atoms with van der Waals surface area (Å²) in [7, 11) is 0. The van der Waals surface area contributed by atoms with Gasteiger partial charge in [-0.05, 0) is 118 Å². The monoisotopic (exact) mass is 786 g/mol. The van der Waals surface area contributed by atoms with Gasteiger partial charge in [0.15, 0.2) is 0 Å². The van der Waals surface area contributed by atoms with Gasteiger partial charge < -0.3 is 10.2 Å². The van der Waals surface area contributed by atoms with E-state index in [9.17, 15) is 33.8 Å². The van der Waals surface area contributed by atoms with Crippen molar-refractivity contribution in [1.82, 2.24) is 9.13 Å². The van der Waals surface area contributed by atoms with Crippen LogP contribution >= 0.6 is 23.5 Å². The number of hydrogen-bond donors (Lipinski definition) is 2. The van der Waals surface area contributed by atoms with Crippen LogP contribution in [0.3, 0.4) is 0 Å². The molecule has 6 aromatic rings. The molecule has 4 heterocycles. The maximum Gasteiger partial charge on any atom is 0.327 e. The number of thioether (sulfide) groups is 2. The molecule has 2 atom stereocenters. The first-order valence-corrected chi connectivity index (χ1v) is 21.0. The Hall–Kier alpha value is -5.13. The number of benzene rings is 4. The zero-order valence-electron chi connectivity index (χ0n) is 30.7. The molecule has 0 unspecified atom stereocenters. The second kappa shape index (κ2) is 14.4. The second-order valence-electron chi connectivity index (χ2n) is 15.3. The molecule has 4 aliphatic rings. The van der Waals surface area contributed by atoms with Crippen molar-refractivity contribution in [1.29, 1.82) is 0 Å². The quantitative estimate of drug-likeness (QED) is 0.157. The van der Waals surface area contributed by atoms with Crippen LogP contribution in [0.4, 0.5) is 4.39 Å². The Morgan fingerprint density at radius 1 is 0.625 bits per heavy atom. The number of pyridine rings is 2. The van der Waals surface area contributed by atoms with Crippen molar-refractivity contribution in [3.8, 4) is 0 Å². The van der Waals surface area contributed by atoms with Gasteiger partial charge in [-0.1, -0.05) is 66.7 Å². The van der Waals surface area contributed by atoms with Gasteiger partial charge in [-0.3, -0.25) is 18.7 Å². The number of rotatable bonds is 8. The Morgan fingerprint density at radius 2 is 1.05 bits per heavy atom. The van der Waals surface area contributed by atoms with Gasteiger partial charge in [0.05, 0.1) is 10.1 Å². The minimum atomic E-state index is -0.965. The van der Waals surface area contributed by atoms with Crippen LogP contribution in [0.2, 0.25) is 0 Å². The topological polar surface area (TPSA) is 119 Å². The van der Waals surface area contributed by atoms with E-state index in [1.54, 1.807) is 24.3 Å². The molecular formula is C45H39FN2O6S2. The zero-order valence-corrected chi connectivity index (χ0v) is 32.3. The van der Waals surface area contributed by atoms with Crippen LogP contribution in [0.15, 0.2) is 105 Å². The van der Waals surface area contributed by atoms with Crippen LogP contribution in [0, 0.1) is 12.7 Å². The van der Waals surface area contributed by atoms with Crippen LogP contribution < -0.4 is 11.1 Å². The summed E-state index contributed by atoms with van der Waals surface area (Å²) in [6, 6.07) is 25.1. The van der Waals surface area contributed by atoms with E-state index >= 15 is 0 Å². The molecule has 10 rings (SSSR count). The number of hydrogen-bond acceptors (Lipinski definition) is 6. The smallest absolute Gasteiger partial charge is 0.327 e. The molecule has 11 heteroatoms. The van der Waals surface area contributed by atoms with Gasteiger partial charge >= 0.3 is 11.9 Å². The molecule has 0 spiro atoms. The van der Waals surface area contributed by atoms with E-state index in [1.165, 1.54) is 66.2 Å². The van der Waals surface area contributed by atoms with Crippen molar-refractivity contribution in [2.45, 2.75) is 79.4 Å². The van der Waals surface area contributed by atoms with Gasteiger partial charge in [0.2, 0.25) is 0 Å². The molecular weight excluding hydrogens is 748 g/mol. The summed E-state index contributed by atoms with van der Waals surface area (Å²) in [4.78, 5) is 48.8. The highest BCUT2D eigenvalue weighted by atomic mass is 32.2. The summed E-state index contributed by atoms with van der Waals surface area (Å²) in [5.41, 5.74) is 7.29. The summed E-state index contributed by atoms with van der Waals surface area (Å²) in [5, 5.41) is 24.6. The van der Waals surface area contributed by atoms with E-state index in [0.717, 1.165) is 63.4 Å². The summed E-state index contributed by atoms with van der Waals surface area (Å²) in [6.07, 6.45) is 5.58. The Labute approximate surface area is 330 Å². The molecule has 56 heavy (non-hydrogen) atoms. The summed E-state index contributed by atoms with van der Waals surface area (Å²) >= 11 is 2.99. The fourth-order valence-corrected chi connectivity index (χ4v) is 11.3. The molecule has 2 fully saturated rings. The highest BCUT2D eigenvalue weighted by Crippen LogP contribution is 2.50. The number of carboxylic acids is 2. The number of carbonyl (C=O) groups is 2. The molecule has 4 aromatic carbocycles. The lowest BCUT2D eigenvalue weighted by atomic mass is 9.93. The largest absolute Gasteiger partial charge is 0.480 e. The van der Waals surface area contributed by atoms with Crippen molar-refractivity contribution >= 4 is 57.0 Å². The molecule has 8 nitrogen and oxygen atoms in total. The predicted octanol–water partition coefficient (Wildman–Crippen LogP) is 8.85. The second-order valence-corrected chi connectivity index (χ2v) is 17.3. The third-order valence-electron chi connectivity index (χ3n) is 11.5. The van der Waals surface area contributed by atoms with E-state index in [4.69, 9.17) is 0 Å². The van der Waals surface area contributed by atoms with Gasteiger partial charge in [-0.25, -0.2) is 14.0 Å². The Morgan fingerprint density at radius 3 is 1.52 bits per heavy atom. The van der Waals surface area contributed by atoms with Crippen LogP contribution in [0.1, 0.15) is 88.5 Å². The van der Waals surface area contributed by atoms with Crippen LogP contribution in [0.5, 0.6) is 0 Å². The van der Waals surface area contributed by atoms with Gasteiger partial charge in [-0.2, -0.15) is 0 Å². The maximum atomic E-state index is 14.2. The number of carboxylic acid groups (broad SMARTS) is 2. The zero-order chi connectivity index (χ0) is 38.8. The first-order valence-electron chi connectivity index (χ1n) is 19.0. The SMILES string of the molecule is Cc1ccc(Cc2cc(=O)n3c(c2C2CC2)SC[C@H]3C(=O)O)c2ccccc12.O=C(O)[C@@H]1CSc2c(C3CC3)c(Cc3ccc(F)c4ccccc34)cc(=O)n21. The van der Waals surface area contributed by atoms with E-state index < -0.39 is 24.0 Å². The number of aliphatic carboxylic acids is 2. The number of nitrogens with zero attached hydrogens (tertiary/aromatic N) is 2. The van der Waals surface area contributed by atoms with Crippen molar-refractivity contribution in [3.63, 3.8) is 0 Å². The van der Waals surface area contributed by atoms with Crippen molar-refractivity contribution in [2.75, 3.05) is 11.5 Å². The summed E-state index contributed by atoms with van der Waals surface area (Å²) in [6.45, 7) is 2.12.